The Bertz CT molecular complexity index is 529. The summed E-state index contributed by atoms with van der Waals surface area (Å²) in [6, 6.07) is 10.3. The van der Waals surface area contributed by atoms with E-state index in [1.807, 2.05) is 6.92 Å². The summed E-state index contributed by atoms with van der Waals surface area (Å²) in [6.45, 7) is 1.99. The normalized spacial score (nSPS) is 12.4. The molecular weight excluding hydrogens is 246 g/mol. The van der Waals surface area contributed by atoms with E-state index in [1.165, 1.54) is 30.3 Å². The van der Waals surface area contributed by atoms with Crippen LogP contribution in [0.15, 0.2) is 42.5 Å². The van der Waals surface area contributed by atoms with Gasteiger partial charge in [-0.25, -0.2) is 8.78 Å². The Morgan fingerprint density at radius 2 is 1.74 bits per heavy atom. The fraction of sp³-hybridized carbons (Fsp3) is 0.250. The van der Waals surface area contributed by atoms with Crippen LogP contribution in [-0.2, 0) is 0 Å². The maximum absolute atomic E-state index is 14.0. The van der Waals surface area contributed by atoms with Gasteiger partial charge in [0.15, 0.2) is 0 Å². The molecule has 0 aliphatic carbocycles. The lowest BCUT2D eigenvalue weighted by Crippen LogP contribution is -2.04. The molecule has 2 rings (SSSR count). The summed E-state index contributed by atoms with van der Waals surface area (Å²) in [5.74, 6) is -1.06. The molecule has 0 bridgehead atoms. The van der Waals surface area contributed by atoms with Crippen LogP contribution in [0.1, 0.15) is 36.8 Å². The highest BCUT2D eigenvalue weighted by molar-refractivity contribution is 5.42. The van der Waals surface area contributed by atoms with Crippen LogP contribution in [0.4, 0.5) is 8.78 Å². The van der Waals surface area contributed by atoms with E-state index in [4.69, 9.17) is 0 Å². The first kappa shape index (κ1) is 13.5. The van der Waals surface area contributed by atoms with Gasteiger partial charge in [0.05, 0.1) is 0 Å². The second kappa shape index (κ2) is 5.83. The van der Waals surface area contributed by atoms with Gasteiger partial charge in [0.2, 0.25) is 0 Å². The second-order valence-electron chi connectivity index (χ2n) is 4.57. The van der Waals surface area contributed by atoms with Gasteiger partial charge in [0.1, 0.15) is 17.4 Å². The van der Waals surface area contributed by atoms with Gasteiger partial charge in [0, 0.05) is 11.5 Å². The molecule has 1 N–H and O–H groups in total. The van der Waals surface area contributed by atoms with Crippen LogP contribution in [-0.4, -0.2) is 5.11 Å². The number of aromatic hydroxyl groups is 1. The van der Waals surface area contributed by atoms with Crippen molar-refractivity contribution >= 4 is 0 Å². The van der Waals surface area contributed by atoms with Crippen LogP contribution < -0.4 is 0 Å². The third-order valence-electron chi connectivity index (χ3n) is 3.23. The van der Waals surface area contributed by atoms with Gasteiger partial charge in [0.25, 0.3) is 0 Å². The number of halogens is 2. The summed E-state index contributed by atoms with van der Waals surface area (Å²) in [4.78, 5) is 0. The van der Waals surface area contributed by atoms with Gasteiger partial charge in [-0.05, 0) is 36.2 Å². The maximum atomic E-state index is 14.0. The number of benzene rings is 2. The summed E-state index contributed by atoms with van der Waals surface area (Å²) < 4.78 is 26.9. The van der Waals surface area contributed by atoms with Crippen LogP contribution in [0.3, 0.4) is 0 Å². The summed E-state index contributed by atoms with van der Waals surface area (Å²) in [5, 5.41) is 9.89. The molecule has 0 aliphatic rings. The first-order valence-electron chi connectivity index (χ1n) is 6.36. The molecule has 1 unspecified atom stereocenters. The zero-order chi connectivity index (χ0) is 13.8. The Balaban J connectivity index is 2.48. The molecule has 19 heavy (non-hydrogen) atoms. The van der Waals surface area contributed by atoms with Gasteiger partial charge in [-0.3, -0.25) is 0 Å². The van der Waals surface area contributed by atoms with E-state index in [9.17, 15) is 13.9 Å². The molecule has 0 aromatic heterocycles. The lowest BCUT2D eigenvalue weighted by Gasteiger charge is -2.19. The van der Waals surface area contributed by atoms with Crippen molar-refractivity contribution in [1.82, 2.24) is 0 Å². The summed E-state index contributed by atoms with van der Waals surface area (Å²) >= 11 is 0. The first-order chi connectivity index (χ1) is 9.13. The van der Waals surface area contributed by atoms with Gasteiger partial charge in [-0.1, -0.05) is 31.5 Å². The molecule has 0 saturated heterocycles. The lowest BCUT2D eigenvalue weighted by atomic mass is 9.87. The van der Waals surface area contributed by atoms with Crippen molar-refractivity contribution in [3.8, 4) is 5.75 Å². The molecule has 0 fully saturated rings. The van der Waals surface area contributed by atoms with E-state index in [-0.39, 0.29) is 23.0 Å². The summed E-state index contributed by atoms with van der Waals surface area (Å²) in [6.07, 6.45) is 1.54. The minimum Gasteiger partial charge on any atom is -0.508 e. The zero-order valence-corrected chi connectivity index (χ0v) is 10.7. The monoisotopic (exact) mass is 262 g/mol. The van der Waals surface area contributed by atoms with Crippen LogP contribution in [0, 0.1) is 11.6 Å². The SMILES string of the molecule is CCCC(c1ccc(F)cc1)c1c(O)cccc1F. The van der Waals surface area contributed by atoms with Crippen LogP contribution >= 0.6 is 0 Å². The Labute approximate surface area is 111 Å². The van der Waals surface area contributed by atoms with E-state index < -0.39 is 5.82 Å². The smallest absolute Gasteiger partial charge is 0.130 e. The van der Waals surface area contributed by atoms with Crippen molar-refractivity contribution in [3.63, 3.8) is 0 Å². The summed E-state index contributed by atoms with van der Waals surface area (Å²) in [7, 11) is 0. The number of phenols is 1. The predicted octanol–water partition coefficient (Wildman–Crippen LogP) is 4.60. The fourth-order valence-electron chi connectivity index (χ4n) is 2.33. The molecule has 1 nitrogen and oxygen atoms in total. The Hall–Kier alpha value is -1.90. The van der Waals surface area contributed by atoms with Crippen LogP contribution in [0.2, 0.25) is 0 Å². The highest BCUT2D eigenvalue weighted by Crippen LogP contribution is 2.36. The average Bonchev–Trinajstić information content (AvgIpc) is 2.38. The quantitative estimate of drug-likeness (QED) is 0.853. The average molecular weight is 262 g/mol. The highest BCUT2D eigenvalue weighted by Gasteiger charge is 2.20. The molecule has 2 aromatic rings. The molecule has 1 atom stereocenters. The van der Waals surface area contributed by atoms with Gasteiger partial charge in [-0.2, -0.15) is 0 Å². The predicted molar refractivity (Wildman–Crippen MR) is 71.2 cm³/mol. The van der Waals surface area contributed by atoms with E-state index in [0.717, 1.165) is 12.0 Å². The minimum absolute atomic E-state index is 0.0530. The second-order valence-corrected chi connectivity index (χ2v) is 4.57. The topological polar surface area (TPSA) is 20.2 Å². The first-order valence-corrected chi connectivity index (χ1v) is 6.36. The van der Waals surface area contributed by atoms with E-state index >= 15 is 0 Å². The van der Waals surface area contributed by atoms with Gasteiger partial charge < -0.3 is 5.11 Å². The lowest BCUT2D eigenvalue weighted by molar-refractivity contribution is 0.450. The van der Waals surface area contributed by atoms with Crippen LogP contribution in [0.25, 0.3) is 0 Å². The number of hydrogen-bond donors (Lipinski definition) is 1. The summed E-state index contributed by atoms with van der Waals surface area (Å²) in [5.41, 5.74) is 1.10. The van der Waals surface area contributed by atoms with Crippen molar-refractivity contribution in [2.75, 3.05) is 0 Å². The maximum Gasteiger partial charge on any atom is 0.130 e. The van der Waals surface area contributed by atoms with Crippen molar-refractivity contribution in [3.05, 3.63) is 65.2 Å². The van der Waals surface area contributed by atoms with Crippen LogP contribution in [0.5, 0.6) is 5.75 Å². The van der Waals surface area contributed by atoms with Gasteiger partial charge >= 0.3 is 0 Å². The molecule has 0 saturated carbocycles. The van der Waals surface area contributed by atoms with Gasteiger partial charge in [-0.15, -0.1) is 0 Å². The van der Waals surface area contributed by atoms with E-state index in [2.05, 4.69) is 0 Å². The molecule has 3 heteroatoms. The molecule has 0 spiro atoms. The van der Waals surface area contributed by atoms with E-state index in [1.54, 1.807) is 12.1 Å². The van der Waals surface area contributed by atoms with Crippen molar-refractivity contribution < 1.29 is 13.9 Å². The fourth-order valence-corrected chi connectivity index (χ4v) is 2.33. The Morgan fingerprint density at radius 3 is 2.32 bits per heavy atom. The third-order valence-corrected chi connectivity index (χ3v) is 3.23. The third kappa shape index (κ3) is 2.92. The Kier molecular flexibility index (Phi) is 4.15. The minimum atomic E-state index is -0.428. The Morgan fingerprint density at radius 1 is 1.05 bits per heavy atom. The standard InChI is InChI=1S/C16H16F2O/c1-2-4-13(11-7-9-12(17)10-8-11)16-14(18)5-3-6-15(16)19/h3,5-10,13,19H,2,4H2,1H3. The number of rotatable bonds is 4. The molecule has 0 heterocycles. The molecule has 100 valence electrons. The zero-order valence-electron chi connectivity index (χ0n) is 10.7. The van der Waals surface area contributed by atoms with Crippen molar-refractivity contribution in [2.24, 2.45) is 0 Å². The molecule has 0 amide bonds. The van der Waals surface area contributed by atoms with Crippen molar-refractivity contribution in [2.45, 2.75) is 25.7 Å². The number of phenolic OH excluding ortho intramolecular Hbond substituents is 1. The van der Waals surface area contributed by atoms with Crippen molar-refractivity contribution in [1.29, 1.82) is 0 Å². The molecular formula is C16H16F2O. The highest BCUT2D eigenvalue weighted by atomic mass is 19.1. The number of hydrogen-bond acceptors (Lipinski definition) is 1. The molecule has 0 radical (unpaired) electrons. The molecule has 0 aliphatic heterocycles. The van der Waals surface area contributed by atoms with E-state index in [0.29, 0.717) is 6.42 Å². The largest absolute Gasteiger partial charge is 0.508 e. The molecule has 2 aromatic carbocycles.